The predicted molar refractivity (Wildman–Crippen MR) is 95.2 cm³/mol. The molecule has 0 aliphatic carbocycles. The molecule has 0 unspecified atom stereocenters. The molecule has 0 aromatic carbocycles. The van der Waals surface area contributed by atoms with Crippen molar-refractivity contribution in [3.05, 3.63) is 18.3 Å². The zero-order valence-corrected chi connectivity index (χ0v) is 14.7. The normalized spacial score (nSPS) is 17.3. The highest BCUT2D eigenvalue weighted by molar-refractivity contribution is 5.89. The minimum absolute atomic E-state index is 0.0326. The Balaban J connectivity index is 1.92. The second-order valence-corrected chi connectivity index (χ2v) is 5.99. The third-order valence-corrected chi connectivity index (χ3v) is 4.20. The van der Waals surface area contributed by atoms with Crippen LogP contribution in [0, 0.1) is 0 Å². The van der Waals surface area contributed by atoms with Crippen LogP contribution in [-0.2, 0) is 4.79 Å². The molecule has 3 amide bonds. The van der Waals surface area contributed by atoms with Crippen molar-refractivity contribution < 1.29 is 9.59 Å². The zero-order chi connectivity index (χ0) is 17.5. The minimum atomic E-state index is -0.151. The summed E-state index contributed by atoms with van der Waals surface area (Å²) >= 11 is 0. The van der Waals surface area contributed by atoms with Crippen molar-refractivity contribution in [2.24, 2.45) is 0 Å². The Morgan fingerprint density at radius 2 is 2.08 bits per heavy atom. The highest BCUT2D eigenvalue weighted by Crippen LogP contribution is 2.16. The summed E-state index contributed by atoms with van der Waals surface area (Å²) in [6.45, 7) is 8.71. The fraction of sp³-hybridized carbons (Fsp3) is 0.588. The van der Waals surface area contributed by atoms with E-state index < -0.39 is 0 Å². The molecule has 0 bridgehead atoms. The van der Waals surface area contributed by atoms with Crippen LogP contribution in [0.4, 0.5) is 16.3 Å². The predicted octanol–water partition coefficient (Wildman–Crippen LogP) is 2.06. The SMILES string of the molecule is CCN(CC)c1ccc(NC(=O)N2CCC[C@H](NC(C)=O)C2)cn1. The smallest absolute Gasteiger partial charge is 0.321 e. The number of pyridine rings is 1. The summed E-state index contributed by atoms with van der Waals surface area (Å²) in [6.07, 6.45) is 3.47. The number of amides is 3. The molecule has 7 nitrogen and oxygen atoms in total. The van der Waals surface area contributed by atoms with Crippen LogP contribution in [0.1, 0.15) is 33.6 Å². The van der Waals surface area contributed by atoms with E-state index in [0.717, 1.165) is 31.7 Å². The fourth-order valence-corrected chi connectivity index (χ4v) is 2.96. The van der Waals surface area contributed by atoms with E-state index >= 15 is 0 Å². The summed E-state index contributed by atoms with van der Waals surface area (Å²) < 4.78 is 0. The van der Waals surface area contributed by atoms with E-state index in [1.54, 1.807) is 11.1 Å². The van der Waals surface area contributed by atoms with Gasteiger partial charge in [0.25, 0.3) is 0 Å². The number of carbonyl (C=O) groups excluding carboxylic acids is 2. The molecule has 2 rings (SSSR count). The number of aromatic nitrogens is 1. The van der Waals surface area contributed by atoms with E-state index in [9.17, 15) is 9.59 Å². The van der Waals surface area contributed by atoms with E-state index in [2.05, 4.69) is 34.4 Å². The second kappa shape index (κ2) is 8.52. The summed E-state index contributed by atoms with van der Waals surface area (Å²) in [7, 11) is 0. The van der Waals surface area contributed by atoms with Crippen molar-refractivity contribution in [3.63, 3.8) is 0 Å². The third-order valence-electron chi connectivity index (χ3n) is 4.20. The molecular formula is C17H27N5O2. The number of nitrogens with one attached hydrogen (secondary N) is 2. The largest absolute Gasteiger partial charge is 0.357 e. The van der Waals surface area contributed by atoms with Gasteiger partial charge in [-0.05, 0) is 38.8 Å². The van der Waals surface area contributed by atoms with E-state index in [-0.39, 0.29) is 18.0 Å². The number of anilines is 2. The van der Waals surface area contributed by atoms with Crippen LogP contribution >= 0.6 is 0 Å². The maximum Gasteiger partial charge on any atom is 0.321 e. The van der Waals surface area contributed by atoms with Gasteiger partial charge in [-0.2, -0.15) is 0 Å². The molecular weight excluding hydrogens is 306 g/mol. The Labute approximate surface area is 143 Å². The van der Waals surface area contributed by atoms with Crippen LogP contribution in [0.2, 0.25) is 0 Å². The molecule has 1 aliphatic heterocycles. The molecule has 2 N–H and O–H groups in total. The highest BCUT2D eigenvalue weighted by Gasteiger charge is 2.24. The molecule has 0 radical (unpaired) electrons. The average Bonchev–Trinajstić information content (AvgIpc) is 2.57. The number of hydrogen-bond donors (Lipinski definition) is 2. The van der Waals surface area contributed by atoms with Crippen LogP contribution in [0.15, 0.2) is 18.3 Å². The number of nitrogens with zero attached hydrogens (tertiary/aromatic N) is 3. The quantitative estimate of drug-likeness (QED) is 0.865. The van der Waals surface area contributed by atoms with Crippen molar-refractivity contribution in [1.29, 1.82) is 0 Å². The molecule has 2 heterocycles. The standard InChI is InChI=1S/C17H27N5O2/c1-4-21(5-2)16-9-8-14(11-18-16)20-17(24)22-10-6-7-15(12-22)19-13(3)23/h8-9,11,15H,4-7,10,12H2,1-3H3,(H,19,23)(H,20,24)/t15-/m0/s1. The molecule has 0 spiro atoms. The molecule has 1 aromatic rings. The molecule has 1 aromatic heterocycles. The number of likely N-dealkylation sites (tertiary alicyclic amines) is 1. The van der Waals surface area contributed by atoms with Crippen LogP contribution in [-0.4, -0.2) is 54.0 Å². The number of rotatable bonds is 5. The molecule has 7 heteroatoms. The van der Waals surface area contributed by atoms with Gasteiger partial charge in [0.2, 0.25) is 5.91 Å². The Hall–Kier alpha value is -2.31. The van der Waals surface area contributed by atoms with Gasteiger partial charge in [-0.25, -0.2) is 9.78 Å². The zero-order valence-electron chi connectivity index (χ0n) is 14.7. The summed E-state index contributed by atoms with van der Waals surface area (Å²) in [4.78, 5) is 31.9. The molecule has 132 valence electrons. The number of carbonyl (C=O) groups is 2. The minimum Gasteiger partial charge on any atom is -0.357 e. The van der Waals surface area contributed by atoms with Gasteiger partial charge in [-0.15, -0.1) is 0 Å². The van der Waals surface area contributed by atoms with Gasteiger partial charge in [-0.1, -0.05) is 0 Å². The van der Waals surface area contributed by atoms with Gasteiger partial charge in [0, 0.05) is 39.1 Å². The Morgan fingerprint density at radius 1 is 1.33 bits per heavy atom. The van der Waals surface area contributed by atoms with Gasteiger partial charge in [0.05, 0.1) is 11.9 Å². The van der Waals surface area contributed by atoms with E-state index in [0.29, 0.717) is 18.8 Å². The molecule has 1 aliphatic rings. The average molecular weight is 333 g/mol. The first kappa shape index (κ1) is 18.0. The van der Waals surface area contributed by atoms with Crippen LogP contribution in [0.5, 0.6) is 0 Å². The van der Waals surface area contributed by atoms with Crippen LogP contribution in [0.3, 0.4) is 0 Å². The molecule has 1 atom stereocenters. The lowest BCUT2D eigenvalue weighted by Crippen LogP contribution is -2.50. The Kier molecular flexibility index (Phi) is 6.40. The van der Waals surface area contributed by atoms with Gasteiger partial charge in [-0.3, -0.25) is 4.79 Å². The molecule has 0 saturated carbocycles. The van der Waals surface area contributed by atoms with Gasteiger partial charge in [0.1, 0.15) is 5.82 Å². The summed E-state index contributed by atoms with van der Waals surface area (Å²) in [5.41, 5.74) is 0.678. The van der Waals surface area contributed by atoms with Crippen molar-refractivity contribution in [3.8, 4) is 0 Å². The molecule has 1 fully saturated rings. The van der Waals surface area contributed by atoms with Crippen molar-refractivity contribution in [1.82, 2.24) is 15.2 Å². The maximum absolute atomic E-state index is 12.4. The topological polar surface area (TPSA) is 77.6 Å². The first-order valence-corrected chi connectivity index (χ1v) is 8.57. The number of urea groups is 1. The van der Waals surface area contributed by atoms with Crippen molar-refractivity contribution >= 4 is 23.4 Å². The maximum atomic E-state index is 12.4. The summed E-state index contributed by atoms with van der Waals surface area (Å²) in [5, 5.41) is 5.77. The summed E-state index contributed by atoms with van der Waals surface area (Å²) in [5.74, 6) is 0.847. The monoisotopic (exact) mass is 333 g/mol. The van der Waals surface area contributed by atoms with Crippen LogP contribution < -0.4 is 15.5 Å². The highest BCUT2D eigenvalue weighted by atomic mass is 16.2. The fourth-order valence-electron chi connectivity index (χ4n) is 2.96. The first-order chi connectivity index (χ1) is 11.5. The number of hydrogen-bond acceptors (Lipinski definition) is 4. The third kappa shape index (κ3) is 4.84. The van der Waals surface area contributed by atoms with E-state index in [4.69, 9.17) is 0 Å². The first-order valence-electron chi connectivity index (χ1n) is 8.57. The van der Waals surface area contributed by atoms with Crippen molar-refractivity contribution in [2.45, 2.75) is 39.7 Å². The lowest BCUT2D eigenvalue weighted by atomic mass is 10.1. The molecule has 24 heavy (non-hydrogen) atoms. The van der Waals surface area contributed by atoms with Gasteiger partial charge >= 0.3 is 6.03 Å². The van der Waals surface area contributed by atoms with E-state index in [1.807, 2.05) is 12.1 Å². The van der Waals surface area contributed by atoms with Gasteiger partial charge < -0.3 is 20.4 Å². The Morgan fingerprint density at radius 3 is 2.67 bits per heavy atom. The number of piperidine rings is 1. The van der Waals surface area contributed by atoms with Crippen molar-refractivity contribution in [2.75, 3.05) is 36.4 Å². The van der Waals surface area contributed by atoms with E-state index in [1.165, 1.54) is 6.92 Å². The lowest BCUT2D eigenvalue weighted by Gasteiger charge is -2.33. The lowest BCUT2D eigenvalue weighted by molar-refractivity contribution is -0.119. The Bertz CT molecular complexity index is 557. The molecule has 1 saturated heterocycles. The van der Waals surface area contributed by atoms with Gasteiger partial charge in [0.15, 0.2) is 0 Å². The second-order valence-electron chi connectivity index (χ2n) is 5.99. The van der Waals surface area contributed by atoms with Crippen LogP contribution in [0.25, 0.3) is 0 Å². The summed E-state index contributed by atoms with van der Waals surface area (Å²) in [6, 6.07) is 3.67.